The number of hydrogen-bond acceptors (Lipinski definition) is 2. The molecule has 1 aliphatic carbocycles. The molecule has 1 N–H and O–H groups in total. The molecule has 0 aromatic carbocycles. The van der Waals surface area contributed by atoms with Gasteiger partial charge in [0.25, 0.3) is 0 Å². The van der Waals surface area contributed by atoms with Crippen LogP contribution in [0.5, 0.6) is 0 Å². The molecule has 84 valence electrons. The van der Waals surface area contributed by atoms with Crippen LogP contribution in [0.15, 0.2) is 22.8 Å². The molecule has 3 atom stereocenters. The predicted molar refractivity (Wildman–Crippen MR) is 59.5 cm³/mol. The number of aliphatic hydroxyl groups is 1. The van der Waals surface area contributed by atoms with Crippen LogP contribution < -0.4 is 0 Å². The molecule has 0 amide bonds. The molecule has 1 heterocycles. The Labute approximate surface area is 91.3 Å². The summed E-state index contributed by atoms with van der Waals surface area (Å²) in [6.07, 6.45) is 5.26. The fraction of sp³-hybridized carbons (Fsp3) is 0.692. The first-order chi connectivity index (χ1) is 7.09. The van der Waals surface area contributed by atoms with Gasteiger partial charge in [-0.2, -0.15) is 0 Å². The second-order valence-electron chi connectivity index (χ2n) is 5.18. The van der Waals surface area contributed by atoms with E-state index in [1.165, 1.54) is 0 Å². The Kier molecular flexibility index (Phi) is 2.87. The minimum absolute atomic E-state index is 0.538. The molecule has 1 aliphatic rings. The van der Waals surface area contributed by atoms with Crippen LogP contribution in [-0.4, -0.2) is 10.7 Å². The van der Waals surface area contributed by atoms with Crippen LogP contribution in [0.25, 0.3) is 0 Å². The van der Waals surface area contributed by atoms with E-state index in [0.717, 1.165) is 30.9 Å². The van der Waals surface area contributed by atoms with Gasteiger partial charge in [-0.05, 0) is 43.2 Å². The predicted octanol–water partition coefficient (Wildman–Crippen LogP) is 3.01. The first-order valence-electron chi connectivity index (χ1n) is 5.84. The van der Waals surface area contributed by atoms with E-state index in [9.17, 15) is 5.11 Å². The van der Waals surface area contributed by atoms with Gasteiger partial charge >= 0.3 is 0 Å². The molecule has 1 aromatic heterocycles. The molecule has 1 fully saturated rings. The van der Waals surface area contributed by atoms with Crippen molar-refractivity contribution >= 4 is 0 Å². The molecule has 2 rings (SSSR count). The van der Waals surface area contributed by atoms with E-state index in [1.807, 2.05) is 12.1 Å². The molecular weight excluding hydrogens is 188 g/mol. The Bertz CT molecular complexity index is 304. The third-order valence-corrected chi connectivity index (χ3v) is 3.82. The number of rotatable bonds is 2. The lowest BCUT2D eigenvalue weighted by atomic mass is 9.71. The second-order valence-corrected chi connectivity index (χ2v) is 5.18. The molecule has 2 heteroatoms. The zero-order chi connectivity index (χ0) is 10.9. The topological polar surface area (TPSA) is 33.4 Å². The van der Waals surface area contributed by atoms with Crippen molar-refractivity contribution in [1.29, 1.82) is 0 Å². The maximum atomic E-state index is 10.5. The average Bonchev–Trinajstić information content (AvgIpc) is 2.64. The summed E-state index contributed by atoms with van der Waals surface area (Å²) >= 11 is 0. The van der Waals surface area contributed by atoms with Gasteiger partial charge in [0.1, 0.15) is 5.76 Å². The zero-order valence-corrected chi connectivity index (χ0v) is 9.57. The molecule has 2 nitrogen and oxygen atoms in total. The summed E-state index contributed by atoms with van der Waals surface area (Å²) in [5.74, 6) is 2.25. The van der Waals surface area contributed by atoms with Crippen LogP contribution in [0.2, 0.25) is 0 Å². The molecule has 1 saturated carbocycles. The number of furan rings is 1. The molecule has 0 aliphatic heterocycles. The van der Waals surface area contributed by atoms with Gasteiger partial charge in [-0.1, -0.05) is 13.8 Å². The average molecular weight is 208 g/mol. The lowest BCUT2D eigenvalue weighted by Gasteiger charge is -2.38. The van der Waals surface area contributed by atoms with Gasteiger partial charge in [0.05, 0.1) is 11.9 Å². The van der Waals surface area contributed by atoms with Crippen LogP contribution in [0.1, 0.15) is 38.9 Å². The zero-order valence-electron chi connectivity index (χ0n) is 9.57. The highest BCUT2D eigenvalue weighted by atomic mass is 16.3. The largest absolute Gasteiger partial charge is 0.469 e. The minimum Gasteiger partial charge on any atom is -0.469 e. The summed E-state index contributed by atoms with van der Waals surface area (Å²) in [6.45, 7) is 4.51. The van der Waals surface area contributed by atoms with Gasteiger partial charge < -0.3 is 9.52 Å². The second kappa shape index (κ2) is 4.01. The van der Waals surface area contributed by atoms with E-state index in [2.05, 4.69) is 13.8 Å². The lowest BCUT2D eigenvalue weighted by molar-refractivity contribution is -0.0313. The smallest absolute Gasteiger partial charge is 0.106 e. The molecule has 0 radical (unpaired) electrons. The van der Waals surface area contributed by atoms with E-state index in [-0.39, 0.29) is 0 Å². The monoisotopic (exact) mass is 208 g/mol. The summed E-state index contributed by atoms with van der Waals surface area (Å²) in [5.41, 5.74) is -0.538. The van der Waals surface area contributed by atoms with Crippen molar-refractivity contribution in [3.8, 4) is 0 Å². The van der Waals surface area contributed by atoms with Crippen molar-refractivity contribution in [3.63, 3.8) is 0 Å². The van der Waals surface area contributed by atoms with E-state index in [1.54, 1.807) is 6.26 Å². The Morgan fingerprint density at radius 1 is 1.47 bits per heavy atom. The first-order valence-corrected chi connectivity index (χ1v) is 5.84. The molecule has 0 spiro atoms. The van der Waals surface area contributed by atoms with Gasteiger partial charge in [-0.15, -0.1) is 0 Å². The van der Waals surface area contributed by atoms with Gasteiger partial charge in [-0.3, -0.25) is 0 Å². The quantitative estimate of drug-likeness (QED) is 0.810. The van der Waals surface area contributed by atoms with Crippen LogP contribution >= 0.6 is 0 Å². The van der Waals surface area contributed by atoms with Gasteiger partial charge in [0.2, 0.25) is 0 Å². The third-order valence-electron chi connectivity index (χ3n) is 3.82. The van der Waals surface area contributed by atoms with Gasteiger partial charge in [0, 0.05) is 6.42 Å². The first kappa shape index (κ1) is 10.7. The molecule has 1 aromatic rings. The highest BCUT2D eigenvalue weighted by Gasteiger charge is 2.36. The molecule has 0 saturated heterocycles. The molecule has 3 unspecified atom stereocenters. The Morgan fingerprint density at radius 3 is 2.87 bits per heavy atom. The highest BCUT2D eigenvalue weighted by molar-refractivity contribution is 5.04. The van der Waals surface area contributed by atoms with Gasteiger partial charge in [0.15, 0.2) is 0 Å². The maximum Gasteiger partial charge on any atom is 0.106 e. The van der Waals surface area contributed by atoms with Crippen molar-refractivity contribution in [2.75, 3.05) is 0 Å². The molecule has 0 bridgehead atoms. The fourth-order valence-corrected chi connectivity index (χ4v) is 2.58. The summed E-state index contributed by atoms with van der Waals surface area (Å²) in [6, 6.07) is 3.83. The number of hydrogen-bond donors (Lipinski definition) is 1. The normalized spacial score (nSPS) is 36.7. The third kappa shape index (κ3) is 2.43. The van der Waals surface area contributed by atoms with Crippen LogP contribution in [0.3, 0.4) is 0 Å². The van der Waals surface area contributed by atoms with E-state index < -0.39 is 5.60 Å². The Hall–Kier alpha value is -0.760. The summed E-state index contributed by atoms with van der Waals surface area (Å²) < 4.78 is 5.30. The lowest BCUT2D eigenvalue weighted by Crippen LogP contribution is -2.39. The van der Waals surface area contributed by atoms with Gasteiger partial charge in [-0.25, -0.2) is 0 Å². The molecule has 15 heavy (non-hydrogen) atoms. The van der Waals surface area contributed by atoms with Crippen molar-refractivity contribution in [2.24, 2.45) is 11.8 Å². The van der Waals surface area contributed by atoms with Crippen LogP contribution in [0, 0.1) is 11.8 Å². The summed E-state index contributed by atoms with van der Waals surface area (Å²) in [5, 5.41) is 10.5. The van der Waals surface area contributed by atoms with Crippen LogP contribution in [-0.2, 0) is 6.42 Å². The van der Waals surface area contributed by atoms with Crippen molar-refractivity contribution in [3.05, 3.63) is 24.2 Å². The van der Waals surface area contributed by atoms with Crippen molar-refractivity contribution < 1.29 is 9.52 Å². The Morgan fingerprint density at radius 2 is 2.27 bits per heavy atom. The summed E-state index contributed by atoms with van der Waals surface area (Å²) in [4.78, 5) is 0. The minimum atomic E-state index is -0.538. The van der Waals surface area contributed by atoms with E-state index in [4.69, 9.17) is 4.42 Å². The SMILES string of the molecule is CC1CCC(O)(Cc2ccco2)CC1C. The molecular formula is C13H20O2. The summed E-state index contributed by atoms with van der Waals surface area (Å²) in [7, 11) is 0. The fourth-order valence-electron chi connectivity index (χ4n) is 2.58. The highest BCUT2D eigenvalue weighted by Crippen LogP contribution is 2.38. The van der Waals surface area contributed by atoms with Crippen molar-refractivity contribution in [1.82, 2.24) is 0 Å². The van der Waals surface area contributed by atoms with Crippen molar-refractivity contribution in [2.45, 2.75) is 45.1 Å². The van der Waals surface area contributed by atoms with E-state index in [0.29, 0.717) is 12.3 Å². The Balaban J connectivity index is 2.01. The standard InChI is InChI=1S/C13H20O2/c1-10-5-6-13(14,8-11(10)2)9-12-4-3-7-15-12/h3-4,7,10-11,14H,5-6,8-9H2,1-2H3. The van der Waals surface area contributed by atoms with E-state index >= 15 is 0 Å². The van der Waals surface area contributed by atoms with Crippen LogP contribution in [0.4, 0.5) is 0 Å². The maximum absolute atomic E-state index is 10.5.